The van der Waals surface area contributed by atoms with Gasteiger partial charge in [0.05, 0.1) is 18.7 Å². The maximum absolute atomic E-state index is 11.9. The Morgan fingerprint density at radius 2 is 2.47 bits per heavy atom. The molecule has 1 aliphatic heterocycles. The molecule has 0 saturated carbocycles. The molecule has 3 N–H and O–H groups in total. The predicted octanol–water partition coefficient (Wildman–Crippen LogP) is 0.0501. The van der Waals surface area contributed by atoms with Gasteiger partial charge in [0, 0.05) is 6.54 Å². The van der Waals surface area contributed by atoms with Crippen molar-refractivity contribution in [2.75, 3.05) is 25.2 Å². The Morgan fingerprint density at radius 1 is 1.73 bits per heavy atom. The van der Waals surface area contributed by atoms with E-state index in [1.54, 1.807) is 16.7 Å². The minimum absolute atomic E-state index is 0.000556. The summed E-state index contributed by atoms with van der Waals surface area (Å²) < 4.78 is 0. The molecule has 0 radical (unpaired) electrons. The van der Waals surface area contributed by atoms with E-state index in [4.69, 9.17) is 10.8 Å². The molecule has 1 heterocycles. The van der Waals surface area contributed by atoms with Crippen molar-refractivity contribution in [2.24, 2.45) is 5.73 Å². The van der Waals surface area contributed by atoms with Crippen LogP contribution in [0.25, 0.3) is 0 Å². The number of nitrogens with two attached hydrogens (primary N) is 1. The van der Waals surface area contributed by atoms with Crippen LogP contribution in [0.1, 0.15) is 19.3 Å². The molecule has 0 unspecified atom stereocenters. The van der Waals surface area contributed by atoms with Gasteiger partial charge in [-0.1, -0.05) is 0 Å². The van der Waals surface area contributed by atoms with Crippen LogP contribution in [0.2, 0.25) is 0 Å². The first-order valence-electron chi connectivity index (χ1n) is 5.36. The molecule has 0 bridgehead atoms. The second-order valence-corrected chi connectivity index (χ2v) is 4.88. The lowest BCUT2D eigenvalue weighted by atomic mass is 10.2. The number of hydrogen-bond acceptors (Lipinski definition) is 4. The van der Waals surface area contributed by atoms with Gasteiger partial charge in [0.15, 0.2) is 0 Å². The summed E-state index contributed by atoms with van der Waals surface area (Å²) in [5.74, 6) is 0.908. The zero-order valence-corrected chi connectivity index (χ0v) is 10.0. The van der Waals surface area contributed by atoms with Crippen molar-refractivity contribution >= 4 is 17.7 Å². The van der Waals surface area contributed by atoms with Gasteiger partial charge in [-0.3, -0.25) is 4.79 Å². The highest BCUT2D eigenvalue weighted by Crippen LogP contribution is 2.18. The van der Waals surface area contributed by atoms with Crippen LogP contribution in [0.15, 0.2) is 0 Å². The number of carbonyl (C=O) groups is 1. The summed E-state index contributed by atoms with van der Waals surface area (Å²) in [6, 6.07) is -0.401. The van der Waals surface area contributed by atoms with E-state index in [1.165, 1.54) is 0 Å². The number of amides is 1. The Morgan fingerprint density at radius 3 is 3.07 bits per heavy atom. The standard InChI is InChI=1S/C10H20N2O2S/c1-15-6-4-9(11)10(14)12-5-2-3-8(12)7-13/h8-9,13H,2-7,11H2,1H3/t8-,9-/m1/s1. The minimum atomic E-state index is -0.399. The van der Waals surface area contributed by atoms with Crippen molar-refractivity contribution < 1.29 is 9.90 Å². The molecular formula is C10H20N2O2S. The largest absolute Gasteiger partial charge is 0.394 e. The zero-order chi connectivity index (χ0) is 11.3. The molecule has 5 heteroatoms. The SMILES string of the molecule is CSCC[C@@H](N)C(=O)N1CCC[C@@H]1CO. The molecule has 1 rings (SSSR count). The summed E-state index contributed by atoms with van der Waals surface area (Å²) in [5, 5.41) is 9.10. The average Bonchev–Trinajstić information content (AvgIpc) is 2.72. The maximum Gasteiger partial charge on any atom is 0.239 e. The van der Waals surface area contributed by atoms with Gasteiger partial charge in [0.1, 0.15) is 0 Å². The lowest BCUT2D eigenvalue weighted by Gasteiger charge is -2.26. The smallest absolute Gasteiger partial charge is 0.239 e. The first kappa shape index (κ1) is 12.8. The van der Waals surface area contributed by atoms with Crippen LogP contribution in [0.5, 0.6) is 0 Å². The van der Waals surface area contributed by atoms with Gasteiger partial charge >= 0.3 is 0 Å². The molecule has 4 nitrogen and oxygen atoms in total. The van der Waals surface area contributed by atoms with Crippen LogP contribution < -0.4 is 5.73 Å². The van der Waals surface area contributed by atoms with Crippen molar-refractivity contribution in [3.63, 3.8) is 0 Å². The summed E-state index contributed by atoms with van der Waals surface area (Å²) in [5.41, 5.74) is 5.81. The molecule has 1 fully saturated rings. The summed E-state index contributed by atoms with van der Waals surface area (Å²) in [7, 11) is 0. The minimum Gasteiger partial charge on any atom is -0.394 e. The lowest BCUT2D eigenvalue weighted by Crippen LogP contribution is -2.47. The molecule has 2 atom stereocenters. The zero-order valence-electron chi connectivity index (χ0n) is 9.19. The van der Waals surface area contributed by atoms with Crippen molar-refractivity contribution in [2.45, 2.75) is 31.3 Å². The fourth-order valence-electron chi connectivity index (χ4n) is 1.90. The Kier molecular flexibility index (Phi) is 5.42. The highest BCUT2D eigenvalue weighted by molar-refractivity contribution is 7.98. The van der Waals surface area contributed by atoms with Gasteiger partial charge < -0.3 is 15.7 Å². The number of aliphatic hydroxyl groups excluding tert-OH is 1. The summed E-state index contributed by atoms with van der Waals surface area (Å²) in [4.78, 5) is 13.6. The van der Waals surface area contributed by atoms with Crippen LogP contribution in [0.3, 0.4) is 0 Å². The summed E-state index contributed by atoms with van der Waals surface area (Å²) in [6.07, 6.45) is 4.60. The van der Waals surface area contributed by atoms with E-state index in [1.807, 2.05) is 6.26 Å². The molecule has 88 valence electrons. The van der Waals surface area contributed by atoms with Crippen LogP contribution >= 0.6 is 11.8 Å². The first-order chi connectivity index (χ1) is 7.20. The number of rotatable bonds is 5. The van der Waals surface area contributed by atoms with Crippen molar-refractivity contribution in [1.82, 2.24) is 4.90 Å². The van der Waals surface area contributed by atoms with Gasteiger partial charge in [0.25, 0.3) is 0 Å². The third kappa shape index (κ3) is 3.36. The van der Waals surface area contributed by atoms with Gasteiger partial charge in [-0.15, -0.1) is 0 Å². The van der Waals surface area contributed by atoms with E-state index in [0.29, 0.717) is 6.42 Å². The van der Waals surface area contributed by atoms with Crippen LogP contribution in [-0.4, -0.2) is 53.2 Å². The van der Waals surface area contributed by atoms with E-state index < -0.39 is 6.04 Å². The van der Waals surface area contributed by atoms with Crippen molar-refractivity contribution in [1.29, 1.82) is 0 Å². The maximum atomic E-state index is 11.9. The quantitative estimate of drug-likeness (QED) is 0.703. The number of likely N-dealkylation sites (tertiary alicyclic amines) is 1. The molecule has 15 heavy (non-hydrogen) atoms. The first-order valence-corrected chi connectivity index (χ1v) is 6.76. The third-order valence-electron chi connectivity index (χ3n) is 2.82. The molecule has 0 aliphatic carbocycles. The van der Waals surface area contributed by atoms with Gasteiger partial charge in [-0.25, -0.2) is 0 Å². The van der Waals surface area contributed by atoms with E-state index in [2.05, 4.69) is 0 Å². The highest BCUT2D eigenvalue weighted by Gasteiger charge is 2.30. The number of carbonyl (C=O) groups excluding carboxylic acids is 1. The lowest BCUT2D eigenvalue weighted by molar-refractivity contribution is -0.134. The molecule has 1 aliphatic rings. The Labute approximate surface area is 95.2 Å². The fourth-order valence-corrected chi connectivity index (χ4v) is 2.39. The number of nitrogens with zero attached hydrogens (tertiary/aromatic N) is 1. The molecule has 0 aromatic heterocycles. The molecule has 0 aromatic carbocycles. The third-order valence-corrected chi connectivity index (χ3v) is 3.47. The van der Waals surface area contributed by atoms with Crippen LogP contribution in [-0.2, 0) is 4.79 Å². The monoisotopic (exact) mass is 232 g/mol. The van der Waals surface area contributed by atoms with E-state index in [0.717, 1.165) is 25.1 Å². The molecule has 0 spiro atoms. The van der Waals surface area contributed by atoms with E-state index in [9.17, 15) is 4.79 Å². The van der Waals surface area contributed by atoms with Gasteiger partial charge in [-0.05, 0) is 31.3 Å². The highest BCUT2D eigenvalue weighted by atomic mass is 32.2. The normalized spacial score (nSPS) is 23.1. The fraction of sp³-hybridized carbons (Fsp3) is 0.900. The molecule has 0 aromatic rings. The molecular weight excluding hydrogens is 212 g/mol. The van der Waals surface area contributed by atoms with E-state index >= 15 is 0 Å². The topological polar surface area (TPSA) is 66.6 Å². The summed E-state index contributed by atoms with van der Waals surface area (Å²) >= 11 is 1.70. The second kappa shape index (κ2) is 6.35. The van der Waals surface area contributed by atoms with Crippen LogP contribution in [0, 0.1) is 0 Å². The predicted molar refractivity (Wildman–Crippen MR) is 62.8 cm³/mol. The van der Waals surface area contributed by atoms with E-state index in [-0.39, 0.29) is 18.6 Å². The number of hydrogen-bond donors (Lipinski definition) is 2. The van der Waals surface area contributed by atoms with Gasteiger partial charge in [0.2, 0.25) is 5.91 Å². The average molecular weight is 232 g/mol. The second-order valence-electron chi connectivity index (χ2n) is 3.90. The van der Waals surface area contributed by atoms with Crippen molar-refractivity contribution in [3.05, 3.63) is 0 Å². The Bertz CT molecular complexity index is 214. The van der Waals surface area contributed by atoms with Crippen LogP contribution in [0.4, 0.5) is 0 Å². The number of thioether (sulfide) groups is 1. The summed E-state index contributed by atoms with van der Waals surface area (Å²) in [6.45, 7) is 0.804. The van der Waals surface area contributed by atoms with Crippen molar-refractivity contribution in [3.8, 4) is 0 Å². The molecule has 1 saturated heterocycles. The Balaban J connectivity index is 2.44. The number of aliphatic hydroxyl groups is 1. The van der Waals surface area contributed by atoms with Gasteiger partial charge in [-0.2, -0.15) is 11.8 Å². The molecule has 1 amide bonds. The Hall–Kier alpha value is -0.260.